The number of hydrogen-bond acceptors (Lipinski definition) is 3. The van der Waals surface area contributed by atoms with Crippen molar-refractivity contribution in [2.45, 2.75) is 0 Å². The van der Waals surface area contributed by atoms with E-state index >= 15 is 0 Å². The number of methoxy groups -OCH3 is 1. The second-order valence-electron chi connectivity index (χ2n) is 3.77. The molecule has 0 heterocycles. The molecule has 0 spiro atoms. The molecule has 5 heteroatoms. The molecule has 0 saturated heterocycles. The normalized spacial score (nSPS) is 9.79. The molecule has 1 N–H and O–H groups in total. The predicted molar refractivity (Wildman–Crippen MR) is 67.3 cm³/mol. The first kappa shape index (κ1) is 12.8. The number of nitriles is 1. The number of hydrogen-bond donors (Lipinski definition) is 1. The zero-order chi connectivity index (χ0) is 13.8. The summed E-state index contributed by atoms with van der Waals surface area (Å²) < 4.78 is 31.4. The molecule has 0 saturated carbocycles. The highest BCUT2D eigenvalue weighted by molar-refractivity contribution is 5.68. The van der Waals surface area contributed by atoms with Gasteiger partial charge in [-0.3, -0.25) is 0 Å². The number of ether oxygens (including phenoxy) is 1. The van der Waals surface area contributed by atoms with E-state index in [1.54, 1.807) is 18.2 Å². The maximum atomic E-state index is 13.5. The third kappa shape index (κ3) is 2.80. The lowest BCUT2D eigenvalue weighted by Crippen LogP contribution is -1.97. The molecule has 0 unspecified atom stereocenters. The molecule has 0 amide bonds. The van der Waals surface area contributed by atoms with Crippen molar-refractivity contribution in [3.63, 3.8) is 0 Å². The van der Waals surface area contributed by atoms with E-state index in [0.29, 0.717) is 17.0 Å². The Morgan fingerprint density at radius 2 is 1.89 bits per heavy atom. The van der Waals surface area contributed by atoms with Crippen molar-refractivity contribution in [2.75, 3.05) is 12.4 Å². The van der Waals surface area contributed by atoms with Gasteiger partial charge in [-0.25, -0.2) is 8.78 Å². The quantitative estimate of drug-likeness (QED) is 0.917. The van der Waals surface area contributed by atoms with Crippen molar-refractivity contribution in [3.05, 3.63) is 53.6 Å². The van der Waals surface area contributed by atoms with E-state index in [1.165, 1.54) is 13.2 Å². The van der Waals surface area contributed by atoms with E-state index < -0.39 is 11.6 Å². The van der Waals surface area contributed by atoms with Crippen LogP contribution < -0.4 is 10.1 Å². The second kappa shape index (κ2) is 5.36. The Morgan fingerprint density at radius 3 is 2.53 bits per heavy atom. The fourth-order valence-electron chi connectivity index (χ4n) is 1.59. The summed E-state index contributed by atoms with van der Waals surface area (Å²) in [5.74, 6) is -0.857. The number of anilines is 2. The van der Waals surface area contributed by atoms with Crippen LogP contribution in [0.15, 0.2) is 36.4 Å². The van der Waals surface area contributed by atoms with Crippen LogP contribution in [-0.2, 0) is 0 Å². The summed E-state index contributed by atoms with van der Waals surface area (Å²) in [6.45, 7) is 0. The van der Waals surface area contributed by atoms with Gasteiger partial charge in [-0.1, -0.05) is 0 Å². The first-order valence-corrected chi connectivity index (χ1v) is 5.44. The molecule has 0 bridgehead atoms. The fourth-order valence-corrected chi connectivity index (χ4v) is 1.59. The maximum Gasteiger partial charge on any atom is 0.149 e. The molecule has 19 heavy (non-hydrogen) atoms. The van der Waals surface area contributed by atoms with Crippen LogP contribution >= 0.6 is 0 Å². The van der Waals surface area contributed by atoms with Gasteiger partial charge in [-0.05, 0) is 24.3 Å². The fraction of sp³-hybridized carbons (Fsp3) is 0.0714. The summed E-state index contributed by atoms with van der Waals surface area (Å²) in [6, 6.07) is 9.92. The SMILES string of the molecule is COc1ccc(C#N)c(Nc2ccc(F)cc2F)c1. The number of nitrogens with zero attached hydrogens (tertiary/aromatic N) is 1. The minimum absolute atomic E-state index is 0.0890. The molecule has 3 nitrogen and oxygen atoms in total. The smallest absolute Gasteiger partial charge is 0.149 e. The van der Waals surface area contributed by atoms with E-state index in [1.807, 2.05) is 6.07 Å². The highest BCUT2D eigenvalue weighted by atomic mass is 19.1. The molecule has 0 aliphatic carbocycles. The van der Waals surface area contributed by atoms with Gasteiger partial charge in [0.25, 0.3) is 0 Å². The standard InChI is InChI=1S/C14H10F2N2O/c1-19-11-4-2-9(8-17)14(7-11)18-13-5-3-10(15)6-12(13)16/h2-7,18H,1H3. The van der Waals surface area contributed by atoms with Gasteiger partial charge < -0.3 is 10.1 Å². The lowest BCUT2D eigenvalue weighted by Gasteiger charge is -2.10. The third-order valence-corrected chi connectivity index (χ3v) is 2.55. The molecule has 0 aliphatic heterocycles. The van der Waals surface area contributed by atoms with E-state index in [9.17, 15) is 8.78 Å². The molecule has 96 valence electrons. The minimum Gasteiger partial charge on any atom is -0.497 e. The van der Waals surface area contributed by atoms with Crippen LogP contribution in [0.25, 0.3) is 0 Å². The zero-order valence-corrected chi connectivity index (χ0v) is 10.1. The van der Waals surface area contributed by atoms with Crippen LogP contribution in [-0.4, -0.2) is 7.11 Å². The molecule has 0 atom stereocenters. The molecule has 0 fully saturated rings. The molecule has 0 aromatic heterocycles. The lowest BCUT2D eigenvalue weighted by atomic mass is 10.1. The van der Waals surface area contributed by atoms with Gasteiger partial charge >= 0.3 is 0 Å². The van der Waals surface area contributed by atoms with Crippen LogP contribution in [0.1, 0.15) is 5.56 Å². The summed E-state index contributed by atoms with van der Waals surface area (Å²) in [5, 5.41) is 11.7. The largest absolute Gasteiger partial charge is 0.497 e. The molecule has 2 aromatic carbocycles. The van der Waals surface area contributed by atoms with E-state index in [0.717, 1.165) is 12.1 Å². The first-order valence-electron chi connectivity index (χ1n) is 5.44. The average molecular weight is 260 g/mol. The van der Waals surface area contributed by atoms with Gasteiger partial charge in [0, 0.05) is 12.1 Å². The van der Waals surface area contributed by atoms with Crippen LogP contribution in [0.3, 0.4) is 0 Å². The molecule has 2 rings (SSSR count). The molecule has 0 radical (unpaired) electrons. The summed E-state index contributed by atoms with van der Waals surface area (Å²) in [4.78, 5) is 0. The maximum absolute atomic E-state index is 13.5. The number of halogens is 2. The average Bonchev–Trinajstić information content (AvgIpc) is 2.41. The Hall–Kier alpha value is -2.61. The van der Waals surface area contributed by atoms with Crippen LogP contribution in [0.2, 0.25) is 0 Å². The molecule has 2 aromatic rings. The topological polar surface area (TPSA) is 45.0 Å². The Bertz CT molecular complexity index is 650. The summed E-state index contributed by atoms with van der Waals surface area (Å²) in [7, 11) is 1.49. The zero-order valence-electron chi connectivity index (χ0n) is 10.1. The van der Waals surface area contributed by atoms with Crippen LogP contribution in [0, 0.1) is 23.0 Å². The highest BCUT2D eigenvalue weighted by Gasteiger charge is 2.08. The van der Waals surface area contributed by atoms with Gasteiger partial charge in [0.1, 0.15) is 23.5 Å². The molecular formula is C14H10F2N2O. The number of nitrogens with one attached hydrogen (secondary N) is 1. The van der Waals surface area contributed by atoms with Crippen LogP contribution in [0.4, 0.5) is 20.2 Å². The summed E-state index contributed by atoms with van der Waals surface area (Å²) in [5.41, 5.74) is 0.822. The van der Waals surface area contributed by atoms with Gasteiger partial charge in [0.15, 0.2) is 0 Å². The van der Waals surface area contributed by atoms with Crippen LogP contribution in [0.5, 0.6) is 5.75 Å². The molecule has 0 aliphatic rings. The predicted octanol–water partition coefficient (Wildman–Crippen LogP) is 3.59. The van der Waals surface area contributed by atoms with Gasteiger partial charge in [0.05, 0.1) is 24.0 Å². The van der Waals surface area contributed by atoms with Gasteiger partial charge in [0.2, 0.25) is 0 Å². The van der Waals surface area contributed by atoms with E-state index in [-0.39, 0.29) is 5.69 Å². The summed E-state index contributed by atoms with van der Waals surface area (Å²) >= 11 is 0. The summed E-state index contributed by atoms with van der Waals surface area (Å²) in [6.07, 6.45) is 0. The van der Waals surface area contributed by atoms with Crippen molar-refractivity contribution < 1.29 is 13.5 Å². The van der Waals surface area contributed by atoms with Crippen molar-refractivity contribution in [1.29, 1.82) is 5.26 Å². The minimum atomic E-state index is -0.730. The van der Waals surface area contributed by atoms with Gasteiger partial charge in [-0.15, -0.1) is 0 Å². The molecular weight excluding hydrogens is 250 g/mol. The second-order valence-corrected chi connectivity index (χ2v) is 3.77. The first-order chi connectivity index (χ1) is 9.13. The Labute approximate surface area is 109 Å². The number of benzene rings is 2. The van der Waals surface area contributed by atoms with Gasteiger partial charge in [-0.2, -0.15) is 5.26 Å². The van der Waals surface area contributed by atoms with Crippen molar-refractivity contribution in [1.82, 2.24) is 0 Å². The Balaban J connectivity index is 2.39. The van der Waals surface area contributed by atoms with Crippen molar-refractivity contribution >= 4 is 11.4 Å². The van der Waals surface area contributed by atoms with Crippen molar-refractivity contribution in [3.8, 4) is 11.8 Å². The Kier molecular flexibility index (Phi) is 3.62. The monoisotopic (exact) mass is 260 g/mol. The number of rotatable bonds is 3. The Morgan fingerprint density at radius 1 is 1.11 bits per heavy atom. The van der Waals surface area contributed by atoms with E-state index in [2.05, 4.69) is 5.32 Å². The van der Waals surface area contributed by atoms with Crippen molar-refractivity contribution in [2.24, 2.45) is 0 Å². The highest BCUT2D eigenvalue weighted by Crippen LogP contribution is 2.27. The lowest BCUT2D eigenvalue weighted by molar-refractivity contribution is 0.415. The third-order valence-electron chi connectivity index (χ3n) is 2.55. The van der Waals surface area contributed by atoms with E-state index in [4.69, 9.17) is 10.00 Å².